The molecule has 1 N–H and O–H groups in total. The third kappa shape index (κ3) is 3.71. The summed E-state index contributed by atoms with van der Waals surface area (Å²) in [6.07, 6.45) is 0.0494. The van der Waals surface area contributed by atoms with Crippen molar-refractivity contribution in [1.29, 1.82) is 0 Å². The summed E-state index contributed by atoms with van der Waals surface area (Å²) in [7, 11) is -0.668. The number of carbonyl (C=O) groups excluding carboxylic acids is 1. The largest absolute Gasteiger partial charge is 0.506 e. The fourth-order valence-electron chi connectivity index (χ4n) is 2.63. The first-order chi connectivity index (χ1) is 11.1. The SMILES string of the molecule is CCOC(=O)CC(B1OC(C)(C)C(C)(C)O1)c1cccc(O)c1Cl. The van der Waals surface area contributed by atoms with Crippen LogP contribution in [0.15, 0.2) is 18.2 Å². The van der Waals surface area contributed by atoms with Crippen LogP contribution in [0.4, 0.5) is 0 Å². The Hall–Kier alpha value is -1.24. The van der Waals surface area contributed by atoms with Gasteiger partial charge in [0, 0.05) is 5.82 Å². The maximum absolute atomic E-state index is 12.1. The Morgan fingerprint density at radius 2 is 1.88 bits per heavy atom. The summed E-state index contributed by atoms with van der Waals surface area (Å²) in [4.78, 5) is 12.1. The van der Waals surface area contributed by atoms with Crippen molar-refractivity contribution in [3.8, 4) is 5.75 Å². The van der Waals surface area contributed by atoms with E-state index in [1.165, 1.54) is 6.07 Å². The number of benzene rings is 1. The molecule has 0 aromatic heterocycles. The highest BCUT2D eigenvalue weighted by Crippen LogP contribution is 2.44. The van der Waals surface area contributed by atoms with E-state index in [1.807, 2.05) is 27.7 Å². The molecule has 1 unspecified atom stereocenters. The quantitative estimate of drug-likeness (QED) is 0.645. The fraction of sp³-hybridized carbons (Fsp3) is 0.588. The summed E-state index contributed by atoms with van der Waals surface area (Å²) < 4.78 is 17.2. The van der Waals surface area contributed by atoms with E-state index in [-0.39, 0.29) is 23.2 Å². The number of rotatable bonds is 5. The van der Waals surface area contributed by atoms with Crippen LogP contribution in [-0.2, 0) is 18.8 Å². The number of phenols is 1. The van der Waals surface area contributed by atoms with Gasteiger partial charge in [0.05, 0.1) is 29.3 Å². The number of carbonyl (C=O) groups is 1. The standard InChI is InChI=1S/C17H24BClO5/c1-6-22-14(21)10-12(11-8-7-9-13(20)15(11)19)18-23-16(2,3)17(4,5)24-18/h7-9,12,20H,6,10H2,1-5H3. The summed E-state index contributed by atoms with van der Waals surface area (Å²) in [5.41, 5.74) is -0.467. The summed E-state index contributed by atoms with van der Waals surface area (Å²) in [5, 5.41) is 10.1. The molecule has 1 aliphatic rings. The number of esters is 1. The molecule has 1 saturated heterocycles. The molecule has 1 aromatic carbocycles. The van der Waals surface area contributed by atoms with E-state index in [4.69, 9.17) is 25.6 Å². The molecule has 0 radical (unpaired) electrons. The molecule has 132 valence electrons. The minimum absolute atomic E-state index is 0.0421. The van der Waals surface area contributed by atoms with Gasteiger partial charge in [-0.15, -0.1) is 0 Å². The highest BCUT2D eigenvalue weighted by Gasteiger charge is 2.54. The average molecular weight is 355 g/mol. The van der Waals surface area contributed by atoms with Gasteiger partial charge in [-0.05, 0) is 46.2 Å². The molecule has 1 aromatic rings. The fourth-order valence-corrected chi connectivity index (χ4v) is 2.89. The number of halogens is 1. The molecular weight excluding hydrogens is 330 g/mol. The van der Waals surface area contributed by atoms with Crippen molar-refractivity contribution in [1.82, 2.24) is 0 Å². The molecule has 0 saturated carbocycles. The number of hydrogen-bond donors (Lipinski definition) is 1. The third-order valence-corrected chi connectivity index (χ3v) is 5.11. The van der Waals surface area contributed by atoms with Gasteiger partial charge in [-0.25, -0.2) is 0 Å². The van der Waals surface area contributed by atoms with Crippen molar-refractivity contribution < 1.29 is 23.9 Å². The van der Waals surface area contributed by atoms with Crippen LogP contribution in [0.3, 0.4) is 0 Å². The summed E-state index contributed by atoms with van der Waals surface area (Å²) in [5.74, 6) is -0.888. The van der Waals surface area contributed by atoms with E-state index in [2.05, 4.69) is 0 Å². The van der Waals surface area contributed by atoms with Crippen LogP contribution in [0.1, 0.15) is 52.4 Å². The predicted octanol–water partition coefficient (Wildman–Crippen LogP) is 3.71. The Balaban J connectivity index is 2.37. The van der Waals surface area contributed by atoms with Gasteiger partial charge in [0.15, 0.2) is 0 Å². The lowest BCUT2D eigenvalue weighted by Crippen LogP contribution is -2.41. The zero-order valence-corrected chi connectivity index (χ0v) is 15.5. The number of phenolic OH excluding ortho intramolecular Hbond substituents is 1. The van der Waals surface area contributed by atoms with Gasteiger partial charge in [0.2, 0.25) is 0 Å². The second-order valence-corrected chi connectivity index (χ2v) is 7.30. The van der Waals surface area contributed by atoms with Crippen molar-refractivity contribution in [3.05, 3.63) is 28.8 Å². The number of ether oxygens (including phenoxy) is 1. The van der Waals surface area contributed by atoms with Gasteiger partial charge in [-0.2, -0.15) is 0 Å². The van der Waals surface area contributed by atoms with Crippen molar-refractivity contribution in [3.63, 3.8) is 0 Å². The Morgan fingerprint density at radius 1 is 1.29 bits per heavy atom. The van der Waals surface area contributed by atoms with Crippen molar-refractivity contribution in [2.45, 2.75) is 58.1 Å². The molecule has 1 fully saturated rings. The molecule has 5 nitrogen and oxygen atoms in total. The second kappa shape index (κ2) is 6.94. The number of hydrogen-bond acceptors (Lipinski definition) is 5. The lowest BCUT2D eigenvalue weighted by atomic mass is 9.66. The van der Waals surface area contributed by atoms with Gasteiger partial charge >= 0.3 is 13.1 Å². The van der Waals surface area contributed by atoms with Gasteiger partial charge in [-0.1, -0.05) is 23.7 Å². The highest BCUT2D eigenvalue weighted by molar-refractivity contribution is 6.48. The van der Waals surface area contributed by atoms with Crippen molar-refractivity contribution >= 4 is 24.7 Å². The smallest absolute Gasteiger partial charge is 0.466 e. The normalized spacial score (nSPS) is 20.0. The maximum Gasteiger partial charge on any atom is 0.466 e. The second-order valence-electron chi connectivity index (χ2n) is 6.92. The van der Waals surface area contributed by atoms with E-state index in [0.29, 0.717) is 12.2 Å². The Kier molecular flexibility index (Phi) is 5.52. The monoisotopic (exact) mass is 354 g/mol. The van der Waals surface area contributed by atoms with Gasteiger partial charge in [-0.3, -0.25) is 4.79 Å². The van der Waals surface area contributed by atoms with E-state index >= 15 is 0 Å². The topological polar surface area (TPSA) is 65.0 Å². The summed E-state index contributed by atoms with van der Waals surface area (Å²) in [6.45, 7) is 9.82. The lowest BCUT2D eigenvalue weighted by molar-refractivity contribution is -0.143. The van der Waals surface area contributed by atoms with Gasteiger partial charge in [0.25, 0.3) is 0 Å². The maximum atomic E-state index is 12.1. The molecule has 24 heavy (non-hydrogen) atoms. The Bertz CT molecular complexity index is 601. The van der Waals surface area contributed by atoms with Crippen LogP contribution < -0.4 is 0 Å². The van der Waals surface area contributed by atoms with Crippen LogP contribution in [-0.4, -0.2) is 36.0 Å². The molecule has 2 rings (SSSR count). The van der Waals surface area contributed by atoms with E-state index in [0.717, 1.165) is 0 Å². The molecule has 7 heteroatoms. The predicted molar refractivity (Wildman–Crippen MR) is 93.2 cm³/mol. The van der Waals surface area contributed by atoms with Crippen LogP contribution in [0.25, 0.3) is 0 Å². The van der Waals surface area contributed by atoms with Crippen LogP contribution in [0, 0.1) is 0 Å². The third-order valence-electron chi connectivity index (χ3n) is 4.70. The molecule has 0 amide bonds. The zero-order valence-electron chi connectivity index (χ0n) is 14.8. The van der Waals surface area contributed by atoms with Crippen LogP contribution in [0.2, 0.25) is 5.02 Å². The zero-order chi connectivity index (χ0) is 18.1. The summed E-state index contributed by atoms with van der Waals surface area (Å²) >= 11 is 6.26. The van der Waals surface area contributed by atoms with E-state index < -0.39 is 24.1 Å². The minimum atomic E-state index is -0.668. The molecular formula is C17H24BClO5. The minimum Gasteiger partial charge on any atom is -0.506 e. The summed E-state index contributed by atoms with van der Waals surface area (Å²) in [6, 6.07) is 4.94. The molecule has 0 spiro atoms. The molecule has 1 heterocycles. The number of aromatic hydroxyl groups is 1. The van der Waals surface area contributed by atoms with E-state index in [1.54, 1.807) is 19.1 Å². The van der Waals surface area contributed by atoms with Gasteiger partial charge < -0.3 is 19.2 Å². The van der Waals surface area contributed by atoms with Crippen LogP contribution in [0.5, 0.6) is 5.75 Å². The molecule has 1 aliphatic heterocycles. The average Bonchev–Trinajstić information content (AvgIpc) is 2.68. The Labute approximate surface area is 148 Å². The van der Waals surface area contributed by atoms with Gasteiger partial charge in [0.1, 0.15) is 5.75 Å². The first kappa shape index (κ1) is 19.1. The molecule has 0 aliphatic carbocycles. The highest BCUT2D eigenvalue weighted by atomic mass is 35.5. The van der Waals surface area contributed by atoms with Crippen LogP contribution >= 0.6 is 11.6 Å². The molecule has 0 bridgehead atoms. The first-order valence-electron chi connectivity index (χ1n) is 8.07. The molecule has 1 atom stereocenters. The van der Waals surface area contributed by atoms with Crippen molar-refractivity contribution in [2.24, 2.45) is 0 Å². The van der Waals surface area contributed by atoms with E-state index in [9.17, 15) is 9.90 Å². The first-order valence-corrected chi connectivity index (χ1v) is 8.45. The lowest BCUT2D eigenvalue weighted by Gasteiger charge is -2.32. The van der Waals surface area contributed by atoms with Crippen molar-refractivity contribution in [2.75, 3.05) is 6.61 Å². The Morgan fingerprint density at radius 3 is 2.42 bits per heavy atom.